The van der Waals surface area contributed by atoms with Crippen LogP contribution in [0.3, 0.4) is 0 Å². The van der Waals surface area contributed by atoms with Gasteiger partial charge in [0.1, 0.15) is 23.2 Å². The molecule has 8 nitrogen and oxygen atoms in total. The number of allylic oxidation sites excluding steroid dienone is 1. The summed E-state index contributed by atoms with van der Waals surface area (Å²) >= 11 is 0. The first-order chi connectivity index (χ1) is 18.5. The van der Waals surface area contributed by atoms with Gasteiger partial charge in [-0.3, -0.25) is 14.4 Å². The number of carbonyl (C=O) groups is 3. The van der Waals surface area contributed by atoms with Crippen molar-refractivity contribution in [2.24, 2.45) is 11.8 Å². The Bertz CT molecular complexity index is 958. The van der Waals surface area contributed by atoms with Crippen molar-refractivity contribution < 1.29 is 29.0 Å². The normalized spacial score (nSPS) is 36.6. The van der Waals surface area contributed by atoms with E-state index in [1.165, 1.54) is 6.42 Å². The van der Waals surface area contributed by atoms with E-state index in [0.717, 1.165) is 64.2 Å². The highest BCUT2D eigenvalue weighted by atomic mass is 16.6. The molecule has 210 valence electrons. The third kappa shape index (κ3) is 4.61. The van der Waals surface area contributed by atoms with E-state index in [-0.39, 0.29) is 24.5 Å². The lowest BCUT2D eigenvalue weighted by atomic mass is 9.73. The van der Waals surface area contributed by atoms with Gasteiger partial charge >= 0.3 is 5.97 Å². The molecule has 5 atom stereocenters. The van der Waals surface area contributed by atoms with Crippen molar-refractivity contribution in [3.05, 3.63) is 24.3 Å². The molecule has 1 saturated carbocycles. The molecule has 0 aromatic rings. The van der Waals surface area contributed by atoms with Crippen LogP contribution in [0.25, 0.3) is 0 Å². The van der Waals surface area contributed by atoms with Crippen molar-refractivity contribution in [1.82, 2.24) is 9.80 Å². The van der Waals surface area contributed by atoms with Crippen LogP contribution in [0.5, 0.6) is 0 Å². The van der Waals surface area contributed by atoms with Crippen molar-refractivity contribution in [3.63, 3.8) is 0 Å². The number of fused-ring (bicyclic) bond motifs is 2. The molecule has 4 aliphatic heterocycles. The molecular weight excluding hydrogens is 484 g/mol. The SMILES string of the molecule is CC[C@@]12/C=C\CCCOC(=O)[C@@H]1[C@H]1C(=O)N(CCCCCCO)C3C(=O)N(C4CCCCC4)CC=C[C@@]31O2. The minimum Gasteiger partial charge on any atom is -0.465 e. The fourth-order valence-corrected chi connectivity index (χ4v) is 7.60. The monoisotopic (exact) mass is 528 g/mol. The molecule has 4 heterocycles. The van der Waals surface area contributed by atoms with E-state index in [1.54, 1.807) is 4.90 Å². The van der Waals surface area contributed by atoms with Gasteiger partial charge < -0.3 is 24.4 Å². The van der Waals surface area contributed by atoms with Crippen LogP contribution in [0, 0.1) is 11.8 Å². The number of nitrogens with zero attached hydrogens (tertiary/aromatic N) is 2. The molecule has 5 rings (SSSR count). The van der Waals surface area contributed by atoms with E-state index in [4.69, 9.17) is 14.6 Å². The highest BCUT2D eigenvalue weighted by Crippen LogP contribution is 2.58. The van der Waals surface area contributed by atoms with E-state index >= 15 is 0 Å². The maximum Gasteiger partial charge on any atom is 0.313 e. The zero-order chi connectivity index (χ0) is 26.8. The minimum atomic E-state index is -1.20. The zero-order valence-electron chi connectivity index (χ0n) is 22.8. The van der Waals surface area contributed by atoms with Crippen LogP contribution in [-0.2, 0) is 23.9 Å². The number of unbranched alkanes of at least 4 members (excludes halogenated alkanes) is 3. The van der Waals surface area contributed by atoms with Gasteiger partial charge in [-0.2, -0.15) is 0 Å². The van der Waals surface area contributed by atoms with Crippen LogP contribution < -0.4 is 0 Å². The average Bonchev–Trinajstić information content (AvgIpc) is 3.30. The highest BCUT2D eigenvalue weighted by Gasteiger charge is 2.75. The van der Waals surface area contributed by atoms with Gasteiger partial charge in [0, 0.05) is 25.7 Å². The molecular formula is C30H44N2O6. The number of esters is 1. The number of likely N-dealkylation sites (tertiary alicyclic amines) is 1. The summed E-state index contributed by atoms with van der Waals surface area (Å²) in [6.07, 6.45) is 18.6. The van der Waals surface area contributed by atoms with Crippen LogP contribution in [-0.4, -0.2) is 82.3 Å². The summed E-state index contributed by atoms with van der Waals surface area (Å²) in [6.45, 7) is 3.39. The van der Waals surface area contributed by atoms with Crippen LogP contribution in [0.4, 0.5) is 0 Å². The molecule has 1 spiro atoms. The minimum absolute atomic E-state index is 0.0526. The number of cyclic esters (lactones) is 1. The molecule has 2 saturated heterocycles. The van der Waals surface area contributed by atoms with Gasteiger partial charge in [0.25, 0.3) is 0 Å². The Kier molecular flexibility index (Phi) is 8.29. The molecule has 0 bridgehead atoms. The molecule has 0 radical (unpaired) electrons. The maximum atomic E-state index is 14.5. The van der Waals surface area contributed by atoms with Gasteiger partial charge in [0.15, 0.2) is 0 Å². The predicted octanol–water partition coefficient (Wildman–Crippen LogP) is 3.52. The quantitative estimate of drug-likeness (QED) is 0.294. The Morgan fingerprint density at radius 3 is 2.50 bits per heavy atom. The number of ether oxygens (including phenoxy) is 2. The number of aliphatic hydroxyl groups is 1. The van der Waals surface area contributed by atoms with E-state index in [2.05, 4.69) is 0 Å². The largest absolute Gasteiger partial charge is 0.465 e. The summed E-state index contributed by atoms with van der Waals surface area (Å²) in [7, 11) is 0. The maximum absolute atomic E-state index is 14.5. The van der Waals surface area contributed by atoms with Gasteiger partial charge in [0.05, 0.1) is 12.5 Å². The van der Waals surface area contributed by atoms with Crippen LogP contribution in [0.1, 0.15) is 84.0 Å². The zero-order valence-corrected chi connectivity index (χ0v) is 22.8. The first-order valence-electron chi connectivity index (χ1n) is 14.9. The number of rotatable bonds is 8. The number of aliphatic hydroxyl groups excluding tert-OH is 1. The predicted molar refractivity (Wildman–Crippen MR) is 142 cm³/mol. The molecule has 0 aromatic carbocycles. The second-order valence-corrected chi connectivity index (χ2v) is 11.7. The van der Waals surface area contributed by atoms with Gasteiger partial charge in [-0.15, -0.1) is 0 Å². The number of hydrogen-bond acceptors (Lipinski definition) is 6. The third-order valence-electron chi connectivity index (χ3n) is 9.49. The molecule has 1 unspecified atom stereocenters. The molecule has 1 N–H and O–H groups in total. The molecule has 5 aliphatic rings. The Morgan fingerprint density at radius 1 is 0.947 bits per heavy atom. The van der Waals surface area contributed by atoms with Crippen molar-refractivity contribution in [2.75, 3.05) is 26.3 Å². The smallest absolute Gasteiger partial charge is 0.313 e. The Hall–Kier alpha value is -2.19. The lowest BCUT2D eigenvalue weighted by molar-refractivity contribution is -0.161. The molecule has 2 amide bonds. The van der Waals surface area contributed by atoms with Crippen molar-refractivity contribution in [2.45, 2.75) is 107 Å². The molecule has 38 heavy (non-hydrogen) atoms. The lowest BCUT2D eigenvalue weighted by Gasteiger charge is -2.40. The molecule has 1 aliphatic carbocycles. The Morgan fingerprint density at radius 2 is 1.74 bits per heavy atom. The Labute approximate surface area is 226 Å². The van der Waals surface area contributed by atoms with Crippen LogP contribution in [0.2, 0.25) is 0 Å². The molecule has 0 aromatic heterocycles. The van der Waals surface area contributed by atoms with E-state index in [1.807, 2.05) is 36.1 Å². The summed E-state index contributed by atoms with van der Waals surface area (Å²) in [5.74, 6) is -2.22. The molecule has 3 fully saturated rings. The second kappa shape index (κ2) is 11.5. The average molecular weight is 529 g/mol. The van der Waals surface area contributed by atoms with Crippen LogP contribution in [0.15, 0.2) is 24.3 Å². The standard InChI is InChI=1S/C30H44N2O6/c1-2-29-16-9-6-12-21-37-28(36)24(29)23-26(34)32(18-10-3-4-11-20-33)25-27(35)31(22-14-7-5-8-15-22)19-13-17-30(23,25)38-29/h9,13,16-17,22-25,33H,2-8,10-12,14-15,18-21H2,1H3/b16-9-/t23-,24-,25?,29+,30-/m0/s1. The molecule has 8 heteroatoms. The van der Waals surface area contributed by atoms with Gasteiger partial charge in [-0.05, 0) is 44.9 Å². The van der Waals surface area contributed by atoms with Crippen molar-refractivity contribution in [1.29, 1.82) is 0 Å². The number of hydrogen-bond donors (Lipinski definition) is 1. The van der Waals surface area contributed by atoms with Crippen LogP contribution >= 0.6 is 0 Å². The van der Waals surface area contributed by atoms with Crippen molar-refractivity contribution >= 4 is 17.8 Å². The topological polar surface area (TPSA) is 96.4 Å². The summed E-state index contributed by atoms with van der Waals surface area (Å²) in [5.41, 5.74) is -2.19. The summed E-state index contributed by atoms with van der Waals surface area (Å²) in [5, 5.41) is 9.16. The number of carbonyl (C=O) groups excluding carboxylic acids is 3. The summed E-state index contributed by atoms with van der Waals surface area (Å²) in [4.78, 5) is 46.1. The van der Waals surface area contributed by atoms with E-state index in [9.17, 15) is 14.4 Å². The first kappa shape index (κ1) is 27.4. The van der Waals surface area contributed by atoms with E-state index < -0.39 is 35.0 Å². The van der Waals surface area contributed by atoms with Crippen molar-refractivity contribution in [3.8, 4) is 0 Å². The van der Waals surface area contributed by atoms with E-state index in [0.29, 0.717) is 26.1 Å². The van der Waals surface area contributed by atoms with Gasteiger partial charge in [-0.1, -0.05) is 63.3 Å². The fraction of sp³-hybridized carbons (Fsp3) is 0.767. The fourth-order valence-electron chi connectivity index (χ4n) is 7.60. The van der Waals surface area contributed by atoms with Gasteiger partial charge in [0.2, 0.25) is 11.8 Å². The Balaban J connectivity index is 1.55. The van der Waals surface area contributed by atoms with Gasteiger partial charge in [-0.25, -0.2) is 0 Å². The highest BCUT2D eigenvalue weighted by molar-refractivity contribution is 5.99. The first-order valence-corrected chi connectivity index (χ1v) is 14.9. The second-order valence-electron chi connectivity index (χ2n) is 11.7. The summed E-state index contributed by atoms with van der Waals surface area (Å²) in [6, 6.07) is -0.626. The third-order valence-corrected chi connectivity index (χ3v) is 9.49. The lowest BCUT2D eigenvalue weighted by Crippen LogP contribution is -2.57. The number of amides is 2. The summed E-state index contributed by atoms with van der Waals surface area (Å²) < 4.78 is 12.7.